The second kappa shape index (κ2) is 14.6. The maximum atomic E-state index is 12.0. The summed E-state index contributed by atoms with van der Waals surface area (Å²) in [5.74, 6) is -6.37. The van der Waals surface area contributed by atoms with Crippen molar-refractivity contribution >= 4 is 35.8 Å². The minimum Gasteiger partial charge on any atom is -0.462 e. The highest BCUT2D eigenvalue weighted by Crippen LogP contribution is 2.17. The van der Waals surface area contributed by atoms with Gasteiger partial charge in [-0.3, -0.25) is 0 Å². The van der Waals surface area contributed by atoms with E-state index in [1.165, 1.54) is 41.5 Å². The van der Waals surface area contributed by atoms with Crippen LogP contribution in [0.1, 0.15) is 54.4 Å². The van der Waals surface area contributed by atoms with Crippen LogP contribution < -0.4 is 0 Å². The fourth-order valence-corrected chi connectivity index (χ4v) is 2.10. The molecular weight excluding hydrogens is 480 g/mol. The molecule has 0 atom stereocenters. The van der Waals surface area contributed by atoms with Crippen molar-refractivity contribution in [2.45, 2.75) is 65.6 Å². The summed E-state index contributed by atoms with van der Waals surface area (Å²) in [6.45, 7) is 14.7. The van der Waals surface area contributed by atoms with Crippen LogP contribution in [0.3, 0.4) is 0 Å². The molecule has 0 amide bonds. The Morgan fingerprint density at radius 2 is 0.778 bits per heavy atom. The predicted octanol–water partition coefficient (Wildman–Crippen LogP) is 1.74. The largest absolute Gasteiger partial charge is 0.462 e. The van der Waals surface area contributed by atoms with Crippen molar-refractivity contribution in [3.8, 4) is 0 Å². The lowest BCUT2D eigenvalue weighted by Crippen LogP contribution is -2.36. The molecule has 12 nitrogen and oxygen atoms in total. The first-order chi connectivity index (χ1) is 16.5. The third-order valence-electron chi connectivity index (χ3n) is 4.19. The van der Waals surface area contributed by atoms with E-state index in [1.54, 1.807) is 0 Å². The molecule has 0 unspecified atom stereocenters. The van der Waals surface area contributed by atoms with Crippen LogP contribution in [0.15, 0.2) is 24.3 Å². The maximum absolute atomic E-state index is 12.0. The van der Waals surface area contributed by atoms with E-state index in [0.717, 1.165) is 0 Å². The van der Waals surface area contributed by atoms with Crippen molar-refractivity contribution in [3.05, 3.63) is 24.3 Å². The molecule has 0 aliphatic rings. The van der Waals surface area contributed by atoms with Gasteiger partial charge in [0.05, 0.1) is 13.2 Å². The molecule has 0 aromatic heterocycles. The quantitative estimate of drug-likeness (QED) is 0.115. The number of hydrogen-bond donors (Lipinski definition) is 0. The summed E-state index contributed by atoms with van der Waals surface area (Å²) >= 11 is 0. The van der Waals surface area contributed by atoms with Gasteiger partial charge in [0.15, 0.2) is 0 Å². The van der Waals surface area contributed by atoms with Crippen molar-refractivity contribution in [2.24, 2.45) is 0 Å². The molecule has 0 spiro atoms. The molecule has 0 saturated heterocycles. The second-order valence-corrected chi connectivity index (χ2v) is 8.90. The molecule has 0 N–H and O–H groups in total. The summed E-state index contributed by atoms with van der Waals surface area (Å²) in [6.07, 6.45) is 0.0714. The monoisotopic (exact) mass is 514 g/mol. The number of rotatable bonds is 13. The van der Waals surface area contributed by atoms with Gasteiger partial charge in [-0.2, -0.15) is 0 Å². The molecule has 202 valence electrons. The predicted molar refractivity (Wildman–Crippen MR) is 123 cm³/mol. The first-order valence-corrected chi connectivity index (χ1v) is 10.9. The molecule has 0 rings (SSSR count). The van der Waals surface area contributed by atoms with Crippen LogP contribution in [0, 0.1) is 0 Å². The van der Waals surface area contributed by atoms with Crippen LogP contribution in [0.2, 0.25) is 0 Å². The zero-order valence-corrected chi connectivity index (χ0v) is 21.6. The van der Waals surface area contributed by atoms with Gasteiger partial charge < -0.3 is 28.4 Å². The molecule has 0 radical (unpaired) electrons. The highest BCUT2D eigenvalue weighted by Gasteiger charge is 2.31. The van der Waals surface area contributed by atoms with Crippen LogP contribution in [0.25, 0.3) is 0 Å². The zero-order chi connectivity index (χ0) is 28.1. The smallest absolute Gasteiger partial charge is 0.418 e. The topological polar surface area (TPSA) is 158 Å². The Bertz CT molecular complexity index is 882. The molecule has 0 saturated carbocycles. The number of carbonyl (C=O) groups excluding carboxylic acids is 6. The third-order valence-corrected chi connectivity index (χ3v) is 4.19. The van der Waals surface area contributed by atoms with Crippen molar-refractivity contribution in [1.29, 1.82) is 0 Å². The molecular formula is C24H34O12. The third kappa shape index (κ3) is 13.9. The molecule has 0 aliphatic heterocycles. The minimum atomic E-state index is -1.30. The zero-order valence-electron chi connectivity index (χ0n) is 21.6. The average molecular weight is 515 g/mol. The number of esters is 6. The lowest BCUT2D eigenvalue weighted by molar-refractivity contribution is -0.180. The van der Waals surface area contributed by atoms with Crippen molar-refractivity contribution in [1.82, 2.24) is 0 Å². The highest BCUT2D eigenvalue weighted by atomic mass is 16.6. The molecule has 0 fully saturated rings. The van der Waals surface area contributed by atoms with E-state index in [2.05, 4.69) is 17.9 Å². The van der Waals surface area contributed by atoms with Crippen LogP contribution >= 0.6 is 0 Å². The molecule has 0 heterocycles. The first-order valence-electron chi connectivity index (χ1n) is 10.9. The molecule has 0 aromatic carbocycles. The van der Waals surface area contributed by atoms with E-state index in [9.17, 15) is 28.8 Å². The fourth-order valence-electron chi connectivity index (χ4n) is 2.10. The number of hydrogen-bond acceptors (Lipinski definition) is 12. The van der Waals surface area contributed by atoms with Crippen LogP contribution in [-0.4, -0.2) is 73.4 Å². The van der Waals surface area contributed by atoms with E-state index >= 15 is 0 Å². The lowest BCUT2D eigenvalue weighted by atomic mass is 10.1. The SMILES string of the molecule is C=C(C)C(=O)OCCOC(=O)C(=O)OC(C)(C)CCOC(=O)C(=O)OC(C)(C)CCOC(=O)C(=C)C. The van der Waals surface area contributed by atoms with E-state index in [1.807, 2.05) is 0 Å². The Kier molecular flexibility index (Phi) is 13.1. The molecule has 12 heteroatoms. The van der Waals surface area contributed by atoms with Crippen molar-refractivity contribution < 1.29 is 57.2 Å². The maximum Gasteiger partial charge on any atom is 0.418 e. The highest BCUT2D eigenvalue weighted by molar-refractivity contribution is 6.30. The summed E-state index contributed by atoms with van der Waals surface area (Å²) in [5.41, 5.74) is -1.98. The summed E-state index contributed by atoms with van der Waals surface area (Å²) in [4.78, 5) is 70.1. The summed E-state index contributed by atoms with van der Waals surface area (Å²) in [6, 6.07) is 0. The Balaban J connectivity index is 4.40. The van der Waals surface area contributed by atoms with Gasteiger partial charge in [-0.1, -0.05) is 13.2 Å². The second-order valence-electron chi connectivity index (χ2n) is 8.90. The molecule has 0 bridgehead atoms. The minimum absolute atomic E-state index is 0.0529. The van der Waals surface area contributed by atoms with Crippen LogP contribution in [0.4, 0.5) is 0 Å². The summed E-state index contributed by atoms with van der Waals surface area (Å²) in [7, 11) is 0. The normalized spacial score (nSPS) is 10.9. The first kappa shape index (κ1) is 32.3. The van der Waals surface area contributed by atoms with E-state index in [-0.39, 0.29) is 50.4 Å². The van der Waals surface area contributed by atoms with Crippen LogP contribution in [-0.2, 0) is 57.2 Å². The van der Waals surface area contributed by atoms with Gasteiger partial charge in [0.25, 0.3) is 0 Å². The summed E-state index contributed by atoms with van der Waals surface area (Å²) in [5, 5.41) is 0. The van der Waals surface area contributed by atoms with E-state index in [0.29, 0.717) is 0 Å². The molecule has 0 aromatic rings. The number of ether oxygens (including phenoxy) is 6. The fraction of sp³-hybridized carbons (Fsp3) is 0.583. The molecule has 0 aliphatic carbocycles. The van der Waals surface area contributed by atoms with Crippen molar-refractivity contribution in [3.63, 3.8) is 0 Å². The van der Waals surface area contributed by atoms with E-state index < -0.39 is 47.0 Å². The van der Waals surface area contributed by atoms with Gasteiger partial charge in [0, 0.05) is 24.0 Å². The Labute approximate surface area is 209 Å². The van der Waals surface area contributed by atoms with E-state index in [4.69, 9.17) is 23.7 Å². The Hall–Kier alpha value is -3.70. The van der Waals surface area contributed by atoms with Gasteiger partial charge in [-0.05, 0) is 41.5 Å². The lowest BCUT2D eigenvalue weighted by Gasteiger charge is -2.25. The Morgan fingerprint density at radius 1 is 0.500 bits per heavy atom. The van der Waals surface area contributed by atoms with Crippen LogP contribution in [0.5, 0.6) is 0 Å². The van der Waals surface area contributed by atoms with Gasteiger partial charge in [0.2, 0.25) is 0 Å². The van der Waals surface area contributed by atoms with Gasteiger partial charge in [0.1, 0.15) is 24.4 Å². The number of carbonyl (C=O) groups is 6. The standard InChI is InChI=1S/C24H34O12/c1-15(2)17(25)31-11-9-23(5,6)35-21(29)19(27)32-12-10-24(7,8)36-22(30)20(28)34-14-13-33-18(26)16(3)4/h1,3,9-14H2,2,4-8H3. The summed E-state index contributed by atoms with van der Waals surface area (Å²) < 4.78 is 29.3. The van der Waals surface area contributed by atoms with Gasteiger partial charge >= 0.3 is 35.8 Å². The molecule has 36 heavy (non-hydrogen) atoms. The Morgan fingerprint density at radius 3 is 1.11 bits per heavy atom. The van der Waals surface area contributed by atoms with Gasteiger partial charge in [-0.15, -0.1) is 0 Å². The average Bonchev–Trinajstić information content (AvgIpc) is 2.74. The van der Waals surface area contributed by atoms with Gasteiger partial charge in [-0.25, -0.2) is 28.8 Å². The van der Waals surface area contributed by atoms with Crippen molar-refractivity contribution in [2.75, 3.05) is 26.4 Å².